The van der Waals surface area contributed by atoms with E-state index in [2.05, 4.69) is 10.6 Å². The summed E-state index contributed by atoms with van der Waals surface area (Å²) >= 11 is 0. The number of carbonyl (C=O) groups excluding carboxylic acids is 2. The minimum absolute atomic E-state index is 0.00995. The molecule has 0 atom stereocenters. The van der Waals surface area contributed by atoms with Crippen LogP contribution in [-0.4, -0.2) is 23.5 Å². The number of aliphatic hydroxyl groups is 1. The second-order valence-corrected chi connectivity index (χ2v) is 3.97. The van der Waals surface area contributed by atoms with Crippen molar-refractivity contribution in [1.29, 1.82) is 0 Å². The SMILES string of the molecule is O=C(CCCO)Nc1ccc2c(c1)CC(=O)N2. The standard InChI is InChI=1S/C12H14N2O3/c15-5-1-2-11(16)13-9-3-4-10-8(6-9)7-12(17)14-10/h3-4,6,15H,1-2,5,7H2,(H,13,16)(H,14,17). The van der Waals surface area contributed by atoms with Crippen molar-refractivity contribution in [2.24, 2.45) is 0 Å². The van der Waals surface area contributed by atoms with Gasteiger partial charge in [0.1, 0.15) is 0 Å². The molecule has 3 N–H and O–H groups in total. The molecule has 0 aliphatic carbocycles. The maximum Gasteiger partial charge on any atom is 0.228 e. The Bertz CT molecular complexity index is 457. The number of aliphatic hydroxyl groups excluding tert-OH is 1. The number of benzene rings is 1. The minimum atomic E-state index is -0.128. The summed E-state index contributed by atoms with van der Waals surface area (Å²) in [5, 5.41) is 14.1. The van der Waals surface area contributed by atoms with Gasteiger partial charge in [-0.25, -0.2) is 0 Å². The van der Waals surface area contributed by atoms with E-state index in [1.54, 1.807) is 18.2 Å². The number of hydrogen-bond acceptors (Lipinski definition) is 3. The van der Waals surface area contributed by atoms with E-state index in [1.807, 2.05) is 0 Å². The maximum atomic E-state index is 11.4. The number of nitrogens with one attached hydrogen (secondary N) is 2. The number of carbonyl (C=O) groups is 2. The molecule has 0 unspecified atom stereocenters. The van der Waals surface area contributed by atoms with Crippen molar-refractivity contribution in [2.45, 2.75) is 19.3 Å². The molecule has 5 nitrogen and oxygen atoms in total. The molecule has 0 fully saturated rings. The van der Waals surface area contributed by atoms with Crippen molar-refractivity contribution in [2.75, 3.05) is 17.2 Å². The monoisotopic (exact) mass is 234 g/mol. The molecule has 17 heavy (non-hydrogen) atoms. The predicted octanol–water partition coefficient (Wildman–Crippen LogP) is 0.892. The van der Waals surface area contributed by atoms with E-state index >= 15 is 0 Å². The average molecular weight is 234 g/mol. The molecule has 90 valence electrons. The number of anilines is 2. The molecule has 0 aromatic heterocycles. The van der Waals surface area contributed by atoms with Crippen LogP contribution in [0.5, 0.6) is 0 Å². The Kier molecular flexibility index (Phi) is 3.39. The summed E-state index contributed by atoms with van der Waals surface area (Å²) in [5.74, 6) is -0.153. The highest BCUT2D eigenvalue weighted by Gasteiger charge is 2.17. The van der Waals surface area contributed by atoms with Crippen molar-refractivity contribution in [3.05, 3.63) is 23.8 Å². The fourth-order valence-electron chi connectivity index (χ4n) is 1.77. The quantitative estimate of drug-likeness (QED) is 0.724. The van der Waals surface area contributed by atoms with Gasteiger partial charge in [-0.3, -0.25) is 9.59 Å². The van der Waals surface area contributed by atoms with Crippen LogP contribution in [0.25, 0.3) is 0 Å². The van der Waals surface area contributed by atoms with Gasteiger partial charge in [-0.2, -0.15) is 0 Å². The lowest BCUT2D eigenvalue weighted by Crippen LogP contribution is -2.11. The molecular formula is C12H14N2O3. The summed E-state index contributed by atoms with van der Waals surface area (Å²) in [6, 6.07) is 5.33. The molecule has 1 aliphatic heterocycles. The second-order valence-electron chi connectivity index (χ2n) is 3.97. The summed E-state index contributed by atoms with van der Waals surface area (Å²) in [5.41, 5.74) is 2.39. The normalized spacial score (nSPS) is 13.1. The lowest BCUT2D eigenvalue weighted by atomic mass is 10.1. The molecule has 2 rings (SSSR count). The topological polar surface area (TPSA) is 78.4 Å². The molecule has 5 heteroatoms. The third-order valence-electron chi connectivity index (χ3n) is 2.58. The summed E-state index contributed by atoms with van der Waals surface area (Å²) < 4.78 is 0. The fourth-order valence-corrected chi connectivity index (χ4v) is 1.77. The van der Waals surface area contributed by atoms with Gasteiger partial charge in [0.25, 0.3) is 0 Å². The molecule has 1 aromatic rings. The summed E-state index contributed by atoms with van der Waals surface area (Å²) in [7, 11) is 0. The number of hydrogen-bond donors (Lipinski definition) is 3. The third kappa shape index (κ3) is 2.82. The van der Waals surface area contributed by atoms with Crippen molar-refractivity contribution < 1.29 is 14.7 Å². The highest BCUT2D eigenvalue weighted by molar-refractivity contribution is 6.00. The van der Waals surface area contributed by atoms with Crippen LogP contribution >= 0.6 is 0 Å². The van der Waals surface area contributed by atoms with E-state index in [0.717, 1.165) is 11.3 Å². The number of fused-ring (bicyclic) bond motifs is 1. The van der Waals surface area contributed by atoms with E-state index < -0.39 is 0 Å². The summed E-state index contributed by atoms with van der Waals surface area (Å²) in [6.07, 6.45) is 1.11. The first-order valence-corrected chi connectivity index (χ1v) is 5.52. The van der Waals surface area contributed by atoms with Crippen molar-refractivity contribution in [3.63, 3.8) is 0 Å². The van der Waals surface area contributed by atoms with Crippen LogP contribution in [-0.2, 0) is 16.0 Å². The molecule has 0 saturated carbocycles. The first-order chi connectivity index (χ1) is 8.19. The van der Waals surface area contributed by atoms with Crippen LogP contribution in [0.2, 0.25) is 0 Å². The second kappa shape index (κ2) is 4.97. The van der Waals surface area contributed by atoms with E-state index in [-0.39, 0.29) is 18.4 Å². The van der Waals surface area contributed by atoms with Crippen LogP contribution < -0.4 is 10.6 Å². The zero-order valence-electron chi connectivity index (χ0n) is 9.32. The Balaban J connectivity index is 2.01. The Morgan fingerprint density at radius 2 is 2.29 bits per heavy atom. The Morgan fingerprint density at radius 1 is 1.47 bits per heavy atom. The highest BCUT2D eigenvalue weighted by Crippen LogP contribution is 2.25. The van der Waals surface area contributed by atoms with Crippen molar-refractivity contribution in [1.82, 2.24) is 0 Å². The zero-order chi connectivity index (χ0) is 12.3. The van der Waals surface area contributed by atoms with Crippen LogP contribution in [0.4, 0.5) is 11.4 Å². The van der Waals surface area contributed by atoms with Gasteiger partial charge in [0.15, 0.2) is 0 Å². The maximum absolute atomic E-state index is 11.4. The van der Waals surface area contributed by atoms with Crippen LogP contribution in [0.3, 0.4) is 0 Å². The van der Waals surface area contributed by atoms with Gasteiger partial charge in [0.05, 0.1) is 6.42 Å². The van der Waals surface area contributed by atoms with Gasteiger partial charge in [0, 0.05) is 24.4 Å². The minimum Gasteiger partial charge on any atom is -0.396 e. The number of amides is 2. The average Bonchev–Trinajstić information content (AvgIpc) is 2.65. The van der Waals surface area contributed by atoms with E-state index in [0.29, 0.717) is 24.9 Å². The van der Waals surface area contributed by atoms with Gasteiger partial charge in [-0.05, 0) is 30.2 Å². The smallest absolute Gasteiger partial charge is 0.228 e. The molecule has 0 saturated heterocycles. The number of rotatable bonds is 4. The molecule has 0 radical (unpaired) electrons. The van der Waals surface area contributed by atoms with Crippen molar-refractivity contribution >= 4 is 23.2 Å². The molecule has 1 heterocycles. The molecular weight excluding hydrogens is 220 g/mol. The molecule has 0 spiro atoms. The first kappa shape index (κ1) is 11.6. The van der Waals surface area contributed by atoms with E-state index in [1.165, 1.54) is 0 Å². The Labute approximate surface area is 98.8 Å². The lowest BCUT2D eigenvalue weighted by Gasteiger charge is -2.06. The Hall–Kier alpha value is -1.88. The van der Waals surface area contributed by atoms with Crippen LogP contribution in [0, 0.1) is 0 Å². The Morgan fingerprint density at radius 3 is 3.06 bits per heavy atom. The zero-order valence-corrected chi connectivity index (χ0v) is 9.32. The predicted molar refractivity (Wildman–Crippen MR) is 63.7 cm³/mol. The molecule has 1 aliphatic rings. The third-order valence-corrected chi connectivity index (χ3v) is 2.58. The molecule has 2 amide bonds. The highest BCUT2D eigenvalue weighted by atomic mass is 16.3. The van der Waals surface area contributed by atoms with E-state index in [9.17, 15) is 9.59 Å². The van der Waals surface area contributed by atoms with Gasteiger partial charge < -0.3 is 15.7 Å². The molecule has 1 aromatic carbocycles. The van der Waals surface area contributed by atoms with Gasteiger partial charge in [0.2, 0.25) is 11.8 Å². The van der Waals surface area contributed by atoms with Gasteiger partial charge in [-0.15, -0.1) is 0 Å². The van der Waals surface area contributed by atoms with E-state index in [4.69, 9.17) is 5.11 Å². The largest absolute Gasteiger partial charge is 0.396 e. The van der Waals surface area contributed by atoms with Crippen LogP contribution in [0.15, 0.2) is 18.2 Å². The fraction of sp³-hybridized carbons (Fsp3) is 0.333. The molecule has 0 bridgehead atoms. The lowest BCUT2D eigenvalue weighted by molar-refractivity contribution is -0.116. The van der Waals surface area contributed by atoms with Gasteiger partial charge in [-0.1, -0.05) is 0 Å². The van der Waals surface area contributed by atoms with Crippen molar-refractivity contribution in [3.8, 4) is 0 Å². The van der Waals surface area contributed by atoms with Gasteiger partial charge >= 0.3 is 0 Å². The first-order valence-electron chi connectivity index (χ1n) is 5.52. The summed E-state index contributed by atoms with van der Waals surface area (Å²) in [6.45, 7) is 0.00995. The van der Waals surface area contributed by atoms with Crippen LogP contribution in [0.1, 0.15) is 18.4 Å². The summed E-state index contributed by atoms with van der Waals surface area (Å²) in [4.78, 5) is 22.6.